The Kier molecular flexibility index (Phi) is 2.91. The molecular formula is C20H12FN3O2. The van der Waals surface area contributed by atoms with Gasteiger partial charge in [0.25, 0.3) is 5.56 Å². The first-order valence-electron chi connectivity index (χ1n) is 8.03. The van der Waals surface area contributed by atoms with Gasteiger partial charge in [0, 0.05) is 27.9 Å². The van der Waals surface area contributed by atoms with E-state index in [4.69, 9.17) is 0 Å². The highest BCUT2D eigenvalue weighted by Crippen LogP contribution is 2.34. The van der Waals surface area contributed by atoms with E-state index in [2.05, 4.69) is 15.0 Å². The third kappa shape index (κ3) is 2.02. The molecule has 0 spiro atoms. The van der Waals surface area contributed by atoms with Gasteiger partial charge in [0.15, 0.2) is 0 Å². The Labute approximate surface area is 145 Å². The number of benzene rings is 3. The third-order valence-electron chi connectivity index (χ3n) is 4.58. The fourth-order valence-electron chi connectivity index (χ4n) is 3.40. The minimum atomic E-state index is -0.403. The summed E-state index contributed by atoms with van der Waals surface area (Å²) in [5.41, 5.74) is 1.90. The van der Waals surface area contributed by atoms with Crippen LogP contribution in [0.3, 0.4) is 0 Å². The van der Waals surface area contributed by atoms with E-state index >= 15 is 0 Å². The van der Waals surface area contributed by atoms with Crippen LogP contribution in [-0.4, -0.2) is 20.1 Å². The number of phenolic OH excluding ortho intramolecular Hbond substituents is 1. The topological polar surface area (TPSA) is 81.8 Å². The van der Waals surface area contributed by atoms with Crippen LogP contribution in [-0.2, 0) is 0 Å². The van der Waals surface area contributed by atoms with E-state index in [1.165, 1.54) is 12.1 Å². The average Bonchev–Trinajstić information content (AvgIpc) is 3.08. The summed E-state index contributed by atoms with van der Waals surface area (Å²) in [7, 11) is 0. The maximum Gasteiger partial charge on any atom is 0.256 e. The summed E-state index contributed by atoms with van der Waals surface area (Å²) < 4.78 is 13.8. The lowest BCUT2D eigenvalue weighted by Crippen LogP contribution is -2.05. The van der Waals surface area contributed by atoms with Gasteiger partial charge in [-0.25, -0.2) is 9.37 Å². The molecule has 0 amide bonds. The molecule has 0 aliphatic carbocycles. The summed E-state index contributed by atoms with van der Waals surface area (Å²) in [6, 6.07) is 12.8. The molecule has 3 aromatic carbocycles. The predicted molar refractivity (Wildman–Crippen MR) is 98.8 cm³/mol. The molecule has 0 saturated carbocycles. The van der Waals surface area contributed by atoms with Gasteiger partial charge >= 0.3 is 0 Å². The second-order valence-electron chi connectivity index (χ2n) is 6.14. The summed E-state index contributed by atoms with van der Waals surface area (Å²) in [6.45, 7) is 0. The van der Waals surface area contributed by atoms with Gasteiger partial charge in [-0.1, -0.05) is 0 Å². The Morgan fingerprint density at radius 2 is 1.77 bits per heavy atom. The summed E-state index contributed by atoms with van der Waals surface area (Å²) in [5.74, 6) is 0.376. The van der Waals surface area contributed by atoms with Crippen LogP contribution in [0, 0.1) is 5.82 Å². The highest BCUT2D eigenvalue weighted by atomic mass is 19.1. The molecule has 0 radical (unpaired) electrons. The minimum Gasteiger partial charge on any atom is -0.508 e. The smallest absolute Gasteiger partial charge is 0.256 e. The van der Waals surface area contributed by atoms with Crippen LogP contribution in [0.4, 0.5) is 4.39 Å². The van der Waals surface area contributed by atoms with Crippen LogP contribution in [0.15, 0.2) is 59.5 Å². The van der Waals surface area contributed by atoms with Crippen LogP contribution in [0.1, 0.15) is 0 Å². The number of phenols is 1. The number of hydrogen-bond donors (Lipinski definition) is 3. The Morgan fingerprint density at radius 3 is 2.58 bits per heavy atom. The van der Waals surface area contributed by atoms with Crippen molar-refractivity contribution in [2.45, 2.75) is 0 Å². The number of hydrogen-bond acceptors (Lipinski definition) is 3. The van der Waals surface area contributed by atoms with Crippen molar-refractivity contribution >= 4 is 32.6 Å². The van der Waals surface area contributed by atoms with Crippen LogP contribution in [0.2, 0.25) is 0 Å². The van der Waals surface area contributed by atoms with Crippen LogP contribution in [0.5, 0.6) is 5.75 Å². The zero-order chi connectivity index (χ0) is 17.8. The number of rotatable bonds is 1. The molecule has 26 heavy (non-hydrogen) atoms. The van der Waals surface area contributed by atoms with Gasteiger partial charge in [0.1, 0.15) is 17.4 Å². The molecule has 3 N–H and O–H groups in total. The van der Waals surface area contributed by atoms with Crippen molar-refractivity contribution in [1.29, 1.82) is 0 Å². The first kappa shape index (κ1) is 14.7. The van der Waals surface area contributed by atoms with Crippen LogP contribution in [0.25, 0.3) is 44.0 Å². The number of fused-ring (bicyclic) bond motifs is 6. The number of imidazole rings is 1. The molecule has 0 saturated heterocycles. The largest absolute Gasteiger partial charge is 0.508 e. The molecular weight excluding hydrogens is 333 g/mol. The normalized spacial score (nSPS) is 11.6. The van der Waals surface area contributed by atoms with Crippen molar-refractivity contribution in [1.82, 2.24) is 15.0 Å². The van der Waals surface area contributed by atoms with Crippen molar-refractivity contribution in [2.75, 3.05) is 0 Å². The molecule has 0 atom stereocenters. The second-order valence-corrected chi connectivity index (χ2v) is 6.14. The van der Waals surface area contributed by atoms with Crippen LogP contribution >= 0.6 is 0 Å². The Morgan fingerprint density at radius 1 is 0.962 bits per heavy atom. The molecule has 5 rings (SSSR count). The first-order valence-corrected chi connectivity index (χ1v) is 8.03. The molecule has 2 heterocycles. The fraction of sp³-hybridized carbons (Fsp3) is 0. The van der Waals surface area contributed by atoms with Crippen LogP contribution < -0.4 is 5.56 Å². The highest BCUT2D eigenvalue weighted by molar-refractivity contribution is 6.23. The molecule has 6 heteroatoms. The Balaban J connectivity index is 1.97. The number of pyridine rings is 1. The van der Waals surface area contributed by atoms with Gasteiger partial charge in [-0.2, -0.15) is 0 Å². The van der Waals surface area contributed by atoms with E-state index in [-0.39, 0.29) is 11.3 Å². The zero-order valence-electron chi connectivity index (χ0n) is 13.4. The summed E-state index contributed by atoms with van der Waals surface area (Å²) in [5, 5.41) is 11.8. The second kappa shape index (κ2) is 5.16. The average molecular weight is 345 g/mol. The molecule has 0 aliphatic rings. The number of H-pyrrole nitrogens is 2. The summed E-state index contributed by atoms with van der Waals surface area (Å²) in [4.78, 5) is 23.0. The predicted octanol–water partition coefficient (Wildman–Crippen LogP) is 4.07. The van der Waals surface area contributed by atoms with Crippen molar-refractivity contribution in [3.8, 4) is 17.1 Å². The zero-order valence-corrected chi connectivity index (χ0v) is 13.4. The van der Waals surface area contributed by atoms with Crippen molar-refractivity contribution < 1.29 is 9.50 Å². The molecule has 5 aromatic rings. The van der Waals surface area contributed by atoms with E-state index < -0.39 is 5.82 Å². The van der Waals surface area contributed by atoms with E-state index in [9.17, 15) is 14.3 Å². The Bertz CT molecular complexity index is 1370. The van der Waals surface area contributed by atoms with Gasteiger partial charge in [0.2, 0.25) is 0 Å². The third-order valence-corrected chi connectivity index (χ3v) is 4.58. The van der Waals surface area contributed by atoms with E-state index in [1.807, 2.05) is 0 Å². The van der Waals surface area contributed by atoms with Gasteiger partial charge < -0.3 is 15.1 Å². The first-order chi connectivity index (χ1) is 12.6. The lowest BCUT2D eigenvalue weighted by Gasteiger charge is -2.05. The maximum absolute atomic E-state index is 13.8. The fourth-order valence-corrected chi connectivity index (χ4v) is 3.40. The van der Waals surface area contributed by atoms with Gasteiger partial charge in [-0.05, 0) is 48.5 Å². The summed E-state index contributed by atoms with van der Waals surface area (Å²) >= 11 is 0. The molecule has 0 aliphatic heterocycles. The summed E-state index contributed by atoms with van der Waals surface area (Å²) in [6.07, 6.45) is 1.56. The van der Waals surface area contributed by atoms with Crippen molar-refractivity contribution in [3.05, 3.63) is 70.9 Å². The van der Waals surface area contributed by atoms with Gasteiger partial charge in [-0.15, -0.1) is 0 Å². The molecule has 126 valence electrons. The molecule has 0 unspecified atom stereocenters. The quantitative estimate of drug-likeness (QED) is 0.401. The standard InChI is InChI=1S/C20H12FN3O2/c21-11-3-6-13-15(9-11)16-14(7-8-22-20(16)26)18-17(13)23-19(24-18)10-1-4-12(25)5-2-10/h1-9,25H,(H,22,26)(H,23,24). The number of halogens is 1. The van der Waals surface area contributed by atoms with E-state index in [0.717, 1.165) is 16.5 Å². The maximum atomic E-state index is 13.8. The van der Waals surface area contributed by atoms with Crippen molar-refractivity contribution in [2.24, 2.45) is 0 Å². The SMILES string of the molecule is O=c1[nH]ccc2c3nc(-c4ccc(O)cc4)[nH]c3c3ccc(F)cc3c12. The number of nitrogens with zero attached hydrogens (tertiary/aromatic N) is 1. The number of aromatic amines is 2. The molecule has 0 bridgehead atoms. The van der Waals surface area contributed by atoms with Crippen molar-refractivity contribution in [3.63, 3.8) is 0 Å². The number of aromatic nitrogens is 3. The molecule has 5 nitrogen and oxygen atoms in total. The monoisotopic (exact) mass is 345 g/mol. The van der Waals surface area contributed by atoms with Gasteiger partial charge in [0.05, 0.1) is 16.4 Å². The number of nitrogens with one attached hydrogen (secondary N) is 2. The lowest BCUT2D eigenvalue weighted by atomic mass is 10.0. The highest BCUT2D eigenvalue weighted by Gasteiger charge is 2.16. The lowest BCUT2D eigenvalue weighted by molar-refractivity contribution is 0.475. The minimum absolute atomic E-state index is 0.169. The molecule has 2 aromatic heterocycles. The number of aromatic hydroxyl groups is 1. The van der Waals surface area contributed by atoms with E-state index in [0.29, 0.717) is 27.5 Å². The molecule has 0 fully saturated rings. The Hall–Kier alpha value is -3.67. The van der Waals surface area contributed by atoms with Gasteiger partial charge in [-0.3, -0.25) is 4.79 Å². The van der Waals surface area contributed by atoms with E-state index in [1.54, 1.807) is 42.6 Å².